The molecular weight excluding hydrogens is 264 g/mol. The van der Waals surface area contributed by atoms with Gasteiger partial charge in [0.2, 0.25) is 0 Å². The second-order valence-electron chi connectivity index (χ2n) is 4.65. The molecule has 20 heavy (non-hydrogen) atoms. The minimum atomic E-state index is -1.14. The monoisotopic (exact) mass is 280 g/mol. The molecule has 1 unspecified atom stereocenters. The van der Waals surface area contributed by atoms with Crippen LogP contribution in [0.2, 0.25) is 0 Å². The first-order valence-corrected chi connectivity index (χ1v) is 6.09. The highest BCUT2D eigenvalue weighted by Gasteiger charge is 2.39. The Balaban J connectivity index is 2.29. The van der Waals surface area contributed by atoms with Gasteiger partial charge in [-0.15, -0.1) is 0 Å². The van der Waals surface area contributed by atoms with E-state index < -0.39 is 24.0 Å². The highest BCUT2D eigenvalue weighted by atomic mass is 16.5. The average Bonchev–Trinajstić information content (AvgIpc) is 2.80. The number of carbonyl (C=O) groups is 2. The number of anilines is 1. The molecule has 7 heteroatoms. The molecule has 2 atom stereocenters. The zero-order valence-electron chi connectivity index (χ0n) is 10.9. The highest BCUT2D eigenvalue weighted by molar-refractivity contribution is 6.01. The Bertz CT molecular complexity index is 546. The van der Waals surface area contributed by atoms with E-state index in [-0.39, 0.29) is 24.2 Å². The fraction of sp³-hybridized carbons (Fsp3) is 0.385. The minimum absolute atomic E-state index is 0.0126. The zero-order valence-corrected chi connectivity index (χ0v) is 10.9. The number of ether oxygens (including phenoxy) is 1. The third-order valence-electron chi connectivity index (χ3n) is 3.31. The molecule has 0 radical (unpaired) electrons. The largest absolute Gasteiger partial charge is 0.497 e. The van der Waals surface area contributed by atoms with Crippen molar-refractivity contribution < 1.29 is 24.5 Å². The van der Waals surface area contributed by atoms with Gasteiger partial charge in [0.1, 0.15) is 11.8 Å². The van der Waals surface area contributed by atoms with E-state index in [0.717, 1.165) is 4.90 Å². The Kier molecular flexibility index (Phi) is 3.80. The minimum Gasteiger partial charge on any atom is -0.497 e. The van der Waals surface area contributed by atoms with E-state index in [4.69, 9.17) is 15.6 Å². The summed E-state index contributed by atoms with van der Waals surface area (Å²) in [5.74, 6) is -1.13. The van der Waals surface area contributed by atoms with Crippen molar-refractivity contribution >= 4 is 17.6 Å². The quantitative estimate of drug-likeness (QED) is 0.668. The van der Waals surface area contributed by atoms with Crippen molar-refractivity contribution in [3.8, 4) is 5.75 Å². The summed E-state index contributed by atoms with van der Waals surface area (Å²) >= 11 is 0. The summed E-state index contributed by atoms with van der Waals surface area (Å²) in [4.78, 5) is 24.6. The molecule has 4 N–H and O–H groups in total. The number of methoxy groups -OCH3 is 1. The summed E-state index contributed by atoms with van der Waals surface area (Å²) < 4.78 is 4.99. The van der Waals surface area contributed by atoms with Crippen molar-refractivity contribution in [2.24, 2.45) is 0 Å². The van der Waals surface area contributed by atoms with Crippen LogP contribution in [0.3, 0.4) is 0 Å². The number of carboxylic acid groups (broad SMARTS) is 1. The number of β-amino-alcohol motifs (C(OH)–C–C–N with tert-alkyl or cyclic N) is 1. The third kappa shape index (κ3) is 2.53. The molecule has 1 fully saturated rings. The van der Waals surface area contributed by atoms with Crippen molar-refractivity contribution in [1.82, 2.24) is 4.90 Å². The molecule has 0 aliphatic carbocycles. The van der Waals surface area contributed by atoms with Crippen molar-refractivity contribution in [2.45, 2.75) is 18.6 Å². The lowest BCUT2D eigenvalue weighted by Gasteiger charge is -2.22. The molecule has 0 aromatic heterocycles. The van der Waals surface area contributed by atoms with Crippen molar-refractivity contribution in [1.29, 1.82) is 0 Å². The number of hydrogen-bond acceptors (Lipinski definition) is 5. The molecule has 108 valence electrons. The number of benzene rings is 1. The first kappa shape index (κ1) is 14.1. The van der Waals surface area contributed by atoms with E-state index in [1.807, 2.05) is 0 Å². The third-order valence-corrected chi connectivity index (χ3v) is 3.31. The lowest BCUT2D eigenvalue weighted by atomic mass is 10.1. The predicted octanol–water partition coefficient (Wildman–Crippen LogP) is -0.0626. The Morgan fingerprint density at radius 3 is 2.70 bits per heavy atom. The van der Waals surface area contributed by atoms with Crippen LogP contribution in [0.25, 0.3) is 0 Å². The average molecular weight is 280 g/mol. The molecule has 7 nitrogen and oxygen atoms in total. The molecule has 1 aromatic rings. The highest BCUT2D eigenvalue weighted by Crippen LogP contribution is 2.25. The van der Waals surface area contributed by atoms with Crippen LogP contribution < -0.4 is 10.5 Å². The smallest absolute Gasteiger partial charge is 0.326 e. The number of carbonyl (C=O) groups excluding carboxylic acids is 1. The molecule has 0 saturated carbocycles. The maximum Gasteiger partial charge on any atom is 0.326 e. The Labute approximate surface area is 115 Å². The summed E-state index contributed by atoms with van der Waals surface area (Å²) in [7, 11) is 1.48. The fourth-order valence-corrected chi connectivity index (χ4v) is 2.29. The lowest BCUT2D eigenvalue weighted by Crippen LogP contribution is -2.40. The van der Waals surface area contributed by atoms with Crippen molar-refractivity contribution in [2.75, 3.05) is 19.4 Å². The molecular formula is C13H16N2O5. The normalized spacial score (nSPS) is 21.8. The summed E-state index contributed by atoms with van der Waals surface area (Å²) in [5, 5.41) is 18.7. The molecule has 1 aromatic carbocycles. The summed E-state index contributed by atoms with van der Waals surface area (Å²) in [6, 6.07) is 3.53. The number of rotatable bonds is 3. The zero-order chi connectivity index (χ0) is 14.9. The molecule has 1 aliphatic heterocycles. The Hall–Kier alpha value is -2.28. The second kappa shape index (κ2) is 5.38. The van der Waals surface area contributed by atoms with E-state index >= 15 is 0 Å². The first-order chi connectivity index (χ1) is 9.43. The maximum absolute atomic E-state index is 12.4. The van der Waals surface area contributed by atoms with Gasteiger partial charge >= 0.3 is 5.97 Å². The number of hydrogen-bond donors (Lipinski definition) is 3. The number of carboxylic acids is 1. The Morgan fingerprint density at radius 2 is 2.15 bits per heavy atom. The van der Waals surface area contributed by atoms with Gasteiger partial charge in [0.25, 0.3) is 5.91 Å². The molecule has 1 amide bonds. The molecule has 1 heterocycles. The fourth-order valence-electron chi connectivity index (χ4n) is 2.29. The number of amides is 1. The van der Waals surface area contributed by atoms with Gasteiger partial charge in [0.05, 0.1) is 18.8 Å². The van der Waals surface area contributed by atoms with Crippen LogP contribution >= 0.6 is 0 Å². The number of aliphatic hydroxyl groups excluding tert-OH is 1. The number of nitrogen functional groups attached to an aromatic ring is 1. The number of likely N-dealkylation sites (tertiary alicyclic amines) is 1. The molecule has 1 aliphatic rings. The van der Waals surface area contributed by atoms with Gasteiger partial charge in [-0.05, 0) is 12.1 Å². The van der Waals surface area contributed by atoms with Gasteiger partial charge in [-0.2, -0.15) is 0 Å². The molecule has 2 rings (SSSR count). The van der Waals surface area contributed by atoms with Gasteiger partial charge in [-0.3, -0.25) is 4.79 Å². The number of nitrogens with zero attached hydrogens (tertiary/aromatic N) is 1. The topological polar surface area (TPSA) is 113 Å². The van der Waals surface area contributed by atoms with E-state index in [0.29, 0.717) is 5.75 Å². The molecule has 1 saturated heterocycles. The van der Waals surface area contributed by atoms with Crippen LogP contribution in [0.5, 0.6) is 5.75 Å². The standard InChI is InChI=1S/C13H16N2O5/c1-20-8-2-3-9(10(14)5-8)12(17)15-6-7(16)4-11(15)13(18)19/h2-3,5,7,11,16H,4,6,14H2,1H3,(H,18,19)/t7?,11-/m0/s1. The van der Waals surface area contributed by atoms with Crippen LogP contribution in [-0.2, 0) is 4.79 Å². The van der Waals surface area contributed by atoms with E-state index in [9.17, 15) is 14.7 Å². The lowest BCUT2D eigenvalue weighted by molar-refractivity contribution is -0.141. The summed E-state index contributed by atoms with van der Waals surface area (Å²) in [6.07, 6.45) is -0.809. The molecule has 0 bridgehead atoms. The number of nitrogens with two attached hydrogens (primary N) is 1. The van der Waals surface area contributed by atoms with Gasteiger partial charge < -0.3 is 25.6 Å². The first-order valence-electron chi connectivity index (χ1n) is 6.09. The van der Waals surface area contributed by atoms with Crippen molar-refractivity contribution in [3.63, 3.8) is 0 Å². The van der Waals surface area contributed by atoms with Gasteiger partial charge in [0, 0.05) is 24.7 Å². The number of aliphatic carboxylic acids is 1. The van der Waals surface area contributed by atoms with Gasteiger partial charge in [0.15, 0.2) is 0 Å². The van der Waals surface area contributed by atoms with Crippen LogP contribution in [-0.4, -0.2) is 52.8 Å². The van der Waals surface area contributed by atoms with Gasteiger partial charge in [-0.1, -0.05) is 0 Å². The maximum atomic E-state index is 12.4. The Morgan fingerprint density at radius 1 is 1.45 bits per heavy atom. The predicted molar refractivity (Wildman–Crippen MR) is 70.5 cm³/mol. The SMILES string of the molecule is COc1ccc(C(=O)N2CC(O)C[C@H]2C(=O)O)c(N)c1. The van der Waals surface area contributed by atoms with Crippen LogP contribution in [0, 0.1) is 0 Å². The van der Waals surface area contributed by atoms with Crippen LogP contribution in [0.4, 0.5) is 5.69 Å². The van der Waals surface area contributed by atoms with Gasteiger partial charge in [-0.25, -0.2) is 4.79 Å². The van der Waals surface area contributed by atoms with E-state index in [1.165, 1.54) is 19.2 Å². The summed E-state index contributed by atoms with van der Waals surface area (Å²) in [5.41, 5.74) is 6.19. The van der Waals surface area contributed by atoms with Crippen molar-refractivity contribution in [3.05, 3.63) is 23.8 Å². The van der Waals surface area contributed by atoms with E-state index in [2.05, 4.69) is 0 Å². The number of aliphatic hydroxyl groups is 1. The van der Waals surface area contributed by atoms with Crippen LogP contribution in [0.1, 0.15) is 16.8 Å². The van der Waals surface area contributed by atoms with E-state index in [1.54, 1.807) is 6.07 Å². The second-order valence-corrected chi connectivity index (χ2v) is 4.65. The molecule has 0 spiro atoms. The van der Waals surface area contributed by atoms with Crippen LogP contribution in [0.15, 0.2) is 18.2 Å². The summed E-state index contributed by atoms with van der Waals surface area (Å²) in [6.45, 7) is -0.0126.